The highest BCUT2D eigenvalue weighted by Gasteiger charge is 2.40. The predicted octanol–water partition coefficient (Wildman–Crippen LogP) is 8.62. The van der Waals surface area contributed by atoms with E-state index in [2.05, 4.69) is 42.3 Å². The minimum Gasteiger partial charge on any atom is -0.493 e. The molecule has 0 aromatic heterocycles. The van der Waals surface area contributed by atoms with Crippen molar-refractivity contribution >= 4 is 34.6 Å². The van der Waals surface area contributed by atoms with E-state index in [0.29, 0.717) is 73.0 Å². The van der Waals surface area contributed by atoms with E-state index in [4.69, 9.17) is 23.7 Å². The number of fused-ring (bicyclic) bond motifs is 8. The number of carbonyl (C=O) groups is 2. The topological polar surface area (TPSA) is 102 Å². The van der Waals surface area contributed by atoms with Crippen molar-refractivity contribution in [1.82, 2.24) is 0 Å². The van der Waals surface area contributed by atoms with Crippen LogP contribution >= 0.6 is 0 Å². The summed E-state index contributed by atoms with van der Waals surface area (Å²) in [5.41, 5.74) is 9.79. The summed E-state index contributed by atoms with van der Waals surface area (Å²) in [7, 11) is 3.62. The van der Waals surface area contributed by atoms with Gasteiger partial charge in [0.2, 0.25) is 0 Å². The fraction of sp³-hybridized carbons (Fsp3) is 0.360. The Kier molecular flexibility index (Phi) is 11.2. The summed E-state index contributed by atoms with van der Waals surface area (Å²) >= 11 is 0. The standard InChI is InChI=1S/C50H54N4O7/c1-31(2)14-15-58-16-17-59-39-20-33(29-60-46-25-42-40(18-32(46)3)49(55)53-37(27-51-42)22-35-10-6-8-12-43(35)53)19-34(21-39)30-61-48-26-45-41(24-47(48)57-5)50(56)54-38(28-52(45)4)23-36-11-7-9-13-44(36)54/h6-13,18-21,24-26,31,37-38,51H,14-17,22-23,27-30H2,1-5H3/t37-,38-/m0/s1. The number of carbonyl (C=O) groups excluding carboxylic acids is 2. The van der Waals surface area contributed by atoms with Gasteiger partial charge in [0.1, 0.15) is 31.3 Å². The van der Waals surface area contributed by atoms with E-state index < -0.39 is 0 Å². The van der Waals surface area contributed by atoms with Gasteiger partial charge in [-0.05, 0) is 102 Å². The van der Waals surface area contributed by atoms with Gasteiger partial charge < -0.3 is 43.7 Å². The number of anilines is 4. The van der Waals surface area contributed by atoms with Crippen LogP contribution in [0.4, 0.5) is 22.7 Å². The molecule has 0 radical (unpaired) electrons. The third-order valence-corrected chi connectivity index (χ3v) is 12.2. The highest BCUT2D eigenvalue weighted by molar-refractivity contribution is 6.13. The molecule has 0 saturated carbocycles. The molecule has 4 heterocycles. The Morgan fingerprint density at radius 3 is 2.05 bits per heavy atom. The number of nitrogens with one attached hydrogen (secondary N) is 1. The molecule has 4 aliphatic heterocycles. The predicted molar refractivity (Wildman–Crippen MR) is 238 cm³/mol. The monoisotopic (exact) mass is 822 g/mol. The Bertz CT molecular complexity index is 2470. The number of nitrogens with zero attached hydrogens (tertiary/aromatic N) is 3. The molecule has 4 aliphatic rings. The second-order valence-electron chi connectivity index (χ2n) is 17.0. The average molecular weight is 823 g/mol. The van der Waals surface area contributed by atoms with Crippen molar-refractivity contribution in [1.29, 1.82) is 0 Å². The molecule has 5 aromatic carbocycles. The normalized spacial score (nSPS) is 17.4. The second kappa shape index (κ2) is 17.0. The molecule has 316 valence electrons. The van der Waals surface area contributed by atoms with Crippen LogP contribution < -0.4 is 39.0 Å². The maximum atomic E-state index is 14.1. The van der Waals surface area contributed by atoms with Crippen molar-refractivity contribution in [2.24, 2.45) is 5.92 Å². The molecule has 0 aliphatic carbocycles. The first-order chi connectivity index (χ1) is 29.6. The molecule has 61 heavy (non-hydrogen) atoms. The van der Waals surface area contributed by atoms with Crippen LogP contribution in [0.3, 0.4) is 0 Å². The van der Waals surface area contributed by atoms with Gasteiger partial charge in [0, 0.05) is 50.3 Å². The second-order valence-corrected chi connectivity index (χ2v) is 17.0. The van der Waals surface area contributed by atoms with E-state index in [1.807, 2.05) is 90.5 Å². The van der Waals surface area contributed by atoms with E-state index in [1.54, 1.807) is 13.2 Å². The summed E-state index contributed by atoms with van der Waals surface area (Å²) in [4.78, 5) is 34.1. The molecule has 9 rings (SSSR count). The Morgan fingerprint density at radius 2 is 1.34 bits per heavy atom. The molecular formula is C50H54N4O7. The van der Waals surface area contributed by atoms with Crippen LogP contribution in [0.2, 0.25) is 0 Å². The van der Waals surface area contributed by atoms with Gasteiger partial charge in [-0.15, -0.1) is 0 Å². The Hall–Kier alpha value is -6.20. The van der Waals surface area contributed by atoms with Crippen molar-refractivity contribution < 1.29 is 33.3 Å². The van der Waals surface area contributed by atoms with Gasteiger partial charge in [-0.2, -0.15) is 0 Å². The zero-order chi connectivity index (χ0) is 42.2. The first-order valence-corrected chi connectivity index (χ1v) is 21.4. The lowest BCUT2D eigenvalue weighted by Crippen LogP contribution is -2.41. The van der Waals surface area contributed by atoms with Crippen LogP contribution in [0, 0.1) is 12.8 Å². The lowest BCUT2D eigenvalue weighted by molar-refractivity contribution is 0.0924. The maximum absolute atomic E-state index is 14.1. The van der Waals surface area contributed by atoms with Gasteiger partial charge in [0.25, 0.3) is 11.8 Å². The highest BCUT2D eigenvalue weighted by atomic mass is 16.5. The minimum atomic E-state index is -0.0416. The molecule has 0 bridgehead atoms. The van der Waals surface area contributed by atoms with E-state index in [-0.39, 0.29) is 37.1 Å². The number of likely N-dealkylation sites (N-methyl/N-ethyl adjacent to an activating group) is 1. The molecule has 0 spiro atoms. The van der Waals surface area contributed by atoms with Crippen molar-refractivity contribution in [2.45, 2.75) is 65.3 Å². The number of rotatable bonds is 14. The number of amides is 2. The van der Waals surface area contributed by atoms with E-state index in [0.717, 1.165) is 58.7 Å². The lowest BCUT2D eigenvalue weighted by Gasteiger charge is -2.25. The van der Waals surface area contributed by atoms with Gasteiger partial charge in [0.15, 0.2) is 11.5 Å². The van der Waals surface area contributed by atoms with Crippen molar-refractivity contribution in [2.75, 3.05) is 67.1 Å². The maximum Gasteiger partial charge on any atom is 0.260 e. The van der Waals surface area contributed by atoms with Crippen LogP contribution in [0.1, 0.15) is 68.8 Å². The molecule has 11 heteroatoms. The number of benzene rings is 5. The number of para-hydroxylation sites is 2. The fourth-order valence-electron chi connectivity index (χ4n) is 9.10. The Labute approximate surface area is 358 Å². The molecule has 11 nitrogen and oxygen atoms in total. The van der Waals surface area contributed by atoms with Crippen LogP contribution in [0.25, 0.3) is 0 Å². The van der Waals surface area contributed by atoms with E-state index >= 15 is 0 Å². The quantitative estimate of drug-likeness (QED) is 0.110. The highest BCUT2D eigenvalue weighted by Crippen LogP contribution is 2.43. The third-order valence-electron chi connectivity index (χ3n) is 12.2. The van der Waals surface area contributed by atoms with Crippen LogP contribution in [0.15, 0.2) is 91.0 Å². The number of hydrogen-bond acceptors (Lipinski definition) is 9. The summed E-state index contributed by atoms with van der Waals surface area (Å²) in [6, 6.07) is 30.0. The van der Waals surface area contributed by atoms with Crippen LogP contribution in [-0.2, 0) is 30.8 Å². The lowest BCUT2D eigenvalue weighted by atomic mass is 10.1. The SMILES string of the molecule is COc1cc2c(cc1OCc1cc(COc3cc4c(cc3C)C(=O)N3c5ccccc5C[C@H]3CN4)cc(OCCOCCC(C)C)c1)N(C)C[C@@H]1Cc3ccccc3N1C2=O. The number of methoxy groups -OCH3 is 1. The molecular weight excluding hydrogens is 769 g/mol. The third kappa shape index (κ3) is 8.06. The largest absolute Gasteiger partial charge is 0.493 e. The zero-order valence-electron chi connectivity index (χ0n) is 35.7. The number of ether oxygens (including phenoxy) is 5. The fourth-order valence-corrected chi connectivity index (χ4v) is 9.10. The van der Waals surface area contributed by atoms with Crippen molar-refractivity contribution in [3.8, 4) is 23.0 Å². The summed E-state index contributed by atoms with van der Waals surface area (Å²) in [6.45, 7) is 9.73. The molecule has 2 amide bonds. The zero-order valence-corrected chi connectivity index (χ0v) is 35.7. The molecule has 5 aromatic rings. The minimum absolute atomic E-state index is 0.00254. The molecule has 1 N–H and O–H groups in total. The number of aryl methyl sites for hydroxylation is 1. The number of hydrogen-bond donors (Lipinski definition) is 1. The van der Waals surface area contributed by atoms with Gasteiger partial charge in [-0.25, -0.2) is 0 Å². The van der Waals surface area contributed by atoms with Gasteiger partial charge >= 0.3 is 0 Å². The smallest absolute Gasteiger partial charge is 0.260 e. The summed E-state index contributed by atoms with van der Waals surface area (Å²) in [5, 5.41) is 3.55. The molecule has 0 unspecified atom stereocenters. The van der Waals surface area contributed by atoms with Crippen molar-refractivity contribution in [3.63, 3.8) is 0 Å². The summed E-state index contributed by atoms with van der Waals surface area (Å²) in [6.07, 6.45) is 2.63. The molecule has 2 atom stereocenters. The molecule has 0 fully saturated rings. The van der Waals surface area contributed by atoms with Gasteiger partial charge in [-0.1, -0.05) is 50.2 Å². The Balaban J connectivity index is 0.940. The Morgan fingerprint density at radius 1 is 0.689 bits per heavy atom. The van der Waals surface area contributed by atoms with Gasteiger partial charge in [0.05, 0.1) is 48.3 Å². The summed E-state index contributed by atoms with van der Waals surface area (Å²) < 4.78 is 31.0. The van der Waals surface area contributed by atoms with Gasteiger partial charge in [-0.3, -0.25) is 9.59 Å². The van der Waals surface area contributed by atoms with E-state index in [1.165, 1.54) is 11.1 Å². The van der Waals surface area contributed by atoms with E-state index in [9.17, 15) is 9.59 Å². The average Bonchev–Trinajstić information content (AvgIpc) is 3.76. The first-order valence-electron chi connectivity index (χ1n) is 21.4. The molecule has 0 saturated heterocycles. The van der Waals surface area contributed by atoms with Crippen molar-refractivity contribution in [3.05, 3.63) is 130 Å². The van der Waals surface area contributed by atoms with Crippen LogP contribution in [-0.4, -0.2) is 71.0 Å². The summed E-state index contributed by atoms with van der Waals surface area (Å²) in [5.74, 6) is 2.93. The van der Waals surface area contributed by atoms with Crippen LogP contribution in [0.5, 0.6) is 23.0 Å². The first kappa shape index (κ1) is 40.2.